The van der Waals surface area contributed by atoms with Gasteiger partial charge in [-0.2, -0.15) is 0 Å². The Labute approximate surface area is 215 Å². The molecule has 0 aromatic rings. The number of hydrogen-bond donors (Lipinski definition) is 2. The van der Waals surface area contributed by atoms with E-state index in [1.165, 1.54) is 44.9 Å². The SMILES string of the molecule is CCCCC/C=C\C/C=C\CCCCCCCC(=O)CCCCCCC(=O)N1C[C@H](O)C[C@H]1CO. The molecule has 2 N–H and O–H groups in total. The molecule has 1 heterocycles. The lowest BCUT2D eigenvalue weighted by Gasteiger charge is -2.22. The summed E-state index contributed by atoms with van der Waals surface area (Å²) >= 11 is 0. The monoisotopic (exact) mass is 491 g/mol. The second-order valence-corrected chi connectivity index (χ2v) is 10.2. The lowest BCUT2D eigenvalue weighted by Crippen LogP contribution is -2.37. The molecule has 1 aliphatic rings. The number of aliphatic hydroxyl groups is 2. The van der Waals surface area contributed by atoms with Gasteiger partial charge >= 0.3 is 0 Å². The van der Waals surface area contributed by atoms with Crippen molar-refractivity contribution < 1.29 is 19.8 Å². The first-order chi connectivity index (χ1) is 17.1. The molecule has 0 spiro atoms. The van der Waals surface area contributed by atoms with E-state index in [2.05, 4.69) is 31.2 Å². The highest BCUT2D eigenvalue weighted by Gasteiger charge is 2.33. The quantitative estimate of drug-likeness (QED) is 0.131. The Balaban J connectivity index is 1.87. The van der Waals surface area contributed by atoms with Crippen molar-refractivity contribution in [3.8, 4) is 0 Å². The number of β-amino-alcohol motifs (C(OH)–C–C–N with tert-alkyl or cyclic N) is 1. The number of ketones is 1. The number of rotatable bonds is 22. The van der Waals surface area contributed by atoms with E-state index < -0.39 is 6.10 Å². The Morgan fingerprint density at radius 3 is 1.91 bits per heavy atom. The molecular formula is C30H53NO4. The molecule has 0 saturated carbocycles. The van der Waals surface area contributed by atoms with Crippen LogP contribution in [0.15, 0.2) is 24.3 Å². The highest BCUT2D eigenvalue weighted by molar-refractivity contribution is 5.78. The minimum atomic E-state index is -0.512. The fourth-order valence-corrected chi connectivity index (χ4v) is 4.72. The number of hydrogen-bond acceptors (Lipinski definition) is 4. The van der Waals surface area contributed by atoms with Gasteiger partial charge in [-0.1, -0.05) is 76.2 Å². The van der Waals surface area contributed by atoms with E-state index in [1.807, 2.05) is 0 Å². The number of amides is 1. The van der Waals surface area contributed by atoms with Crippen molar-refractivity contribution in [3.63, 3.8) is 0 Å². The number of allylic oxidation sites excluding steroid dienone is 4. The molecule has 0 radical (unpaired) electrons. The third kappa shape index (κ3) is 16.8. The van der Waals surface area contributed by atoms with Gasteiger partial charge in [0.2, 0.25) is 5.91 Å². The van der Waals surface area contributed by atoms with E-state index >= 15 is 0 Å². The maximum absolute atomic E-state index is 12.3. The summed E-state index contributed by atoms with van der Waals surface area (Å²) in [5.41, 5.74) is 0. The van der Waals surface area contributed by atoms with Crippen LogP contribution >= 0.6 is 0 Å². The summed E-state index contributed by atoms with van der Waals surface area (Å²) in [5, 5.41) is 19.0. The van der Waals surface area contributed by atoms with Crippen LogP contribution in [0.5, 0.6) is 0 Å². The summed E-state index contributed by atoms with van der Waals surface area (Å²) in [6.07, 6.45) is 27.8. The third-order valence-corrected chi connectivity index (χ3v) is 6.93. The normalized spacial score (nSPS) is 18.3. The van der Waals surface area contributed by atoms with Crippen LogP contribution in [-0.2, 0) is 9.59 Å². The highest BCUT2D eigenvalue weighted by atomic mass is 16.3. The molecule has 0 unspecified atom stereocenters. The summed E-state index contributed by atoms with van der Waals surface area (Å²) in [6, 6.07) is -0.232. The molecule has 1 saturated heterocycles. The Hall–Kier alpha value is -1.46. The van der Waals surface area contributed by atoms with Crippen molar-refractivity contribution in [1.82, 2.24) is 4.90 Å². The van der Waals surface area contributed by atoms with Gasteiger partial charge in [0.05, 0.1) is 18.8 Å². The molecule has 1 aliphatic heterocycles. The minimum absolute atomic E-state index is 0.0259. The van der Waals surface area contributed by atoms with E-state index in [1.54, 1.807) is 4.90 Å². The van der Waals surface area contributed by atoms with Gasteiger partial charge in [-0.25, -0.2) is 0 Å². The van der Waals surface area contributed by atoms with Crippen LogP contribution in [0.3, 0.4) is 0 Å². The van der Waals surface area contributed by atoms with Crippen LogP contribution in [0.4, 0.5) is 0 Å². The van der Waals surface area contributed by atoms with Gasteiger partial charge in [0.25, 0.3) is 0 Å². The van der Waals surface area contributed by atoms with Crippen molar-refractivity contribution in [2.45, 2.75) is 141 Å². The smallest absolute Gasteiger partial charge is 0.222 e. The predicted molar refractivity (Wildman–Crippen MR) is 145 cm³/mol. The number of carbonyl (C=O) groups excluding carboxylic acids is 2. The number of likely N-dealkylation sites (tertiary alicyclic amines) is 1. The maximum Gasteiger partial charge on any atom is 0.222 e. The lowest BCUT2D eigenvalue weighted by atomic mass is 10.0. The topological polar surface area (TPSA) is 77.8 Å². The fourth-order valence-electron chi connectivity index (χ4n) is 4.72. The molecule has 1 amide bonds. The molecule has 35 heavy (non-hydrogen) atoms. The zero-order valence-corrected chi connectivity index (χ0v) is 22.5. The minimum Gasteiger partial charge on any atom is -0.394 e. The molecule has 5 heteroatoms. The zero-order chi connectivity index (χ0) is 25.6. The van der Waals surface area contributed by atoms with Gasteiger partial charge in [-0.15, -0.1) is 0 Å². The molecule has 0 bridgehead atoms. The Morgan fingerprint density at radius 1 is 0.771 bits per heavy atom. The van der Waals surface area contributed by atoms with E-state index in [4.69, 9.17) is 0 Å². The number of unbranched alkanes of at least 4 members (excludes halogenated alkanes) is 11. The number of carbonyl (C=O) groups is 2. The molecule has 0 aliphatic carbocycles. The molecule has 2 atom stereocenters. The van der Waals surface area contributed by atoms with Crippen molar-refractivity contribution in [2.24, 2.45) is 0 Å². The van der Waals surface area contributed by atoms with Crippen LogP contribution in [0.25, 0.3) is 0 Å². The van der Waals surface area contributed by atoms with Gasteiger partial charge in [0.15, 0.2) is 0 Å². The first-order valence-electron chi connectivity index (χ1n) is 14.5. The summed E-state index contributed by atoms with van der Waals surface area (Å²) in [4.78, 5) is 26.0. The Bertz CT molecular complexity index is 601. The Morgan fingerprint density at radius 2 is 1.31 bits per heavy atom. The van der Waals surface area contributed by atoms with Crippen molar-refractivity contribution in [1.29, 1.82) is 0 Å². The molecule has 1 rings (SSSR count). The van der Waals surface area contributed by atoms with Crippen LogP contribution in [0.2, 0.25) is 0 Å². The lowest BCUT2D eigenvalue weighted by molar-refractivity contribution is -0.133. The zero-order valence-electron chi connectivity index (χ0n) is 22.5. The van der Waals surface area contributed by atoms with E-state index in [-0.39, 0.29) is 18.6 Å². The largest absolute Gasteiger partial charge is 0.394 e. The van der Waals surface area contributed by atoms with Crippen molar-refractivity contribution in [3.05, 3.63) is 24.3 Å². The summed E-state index contributed by atoms with van der Waals surface area (Å²) in [5.74, 6) is 0.404. The first-order valence-corrected chi connectivity index (χ1v) is 14.5. The summed E-state index contributed by atoms with van der Waals surface area (Å²) < 4.78 is 0. The van der Waals surface area contributed by atoms with E-state index in [0.717, 1.165) is 51.4 Å². The molecule has 1 fully saturated rings. The van der Waals surface area contributed by atoms with E-state index in [0.29, 0.717) is 38.0 Å². The molecule has 5 nitrogen and oxygen atoms in total. The molecule has 0 aromatic carbocycles. The van der Waals surface area contributed by atoms with Crippen molar-refractivity contribution >= 4 is 11.7 Å². The molecule has 202 valence electrons. The fraction of sp³-hybridized carbons (Fsp3) is 0.800. The predicted octanol–water partition coefficient (Wildman–Crippen LogP) is 6.66. The first kappa shape index (κ1) is 31.6. The van der Waals surface area contributed by atoms with Crippen LogP contribution in [-0.4, -0.2) is 52.1 Å². The van der Waals surface area contributed by atoms with Gasteiger partial charge in [0, 0.05) is 25.8 Å². The summed E-state index contributed by atoms with van der Waals surface area (Å²) in [7, 11) is 0. The average Bonchev–Trinajstić information content (AvgIpc) is 3.24. The number of aliphatic hydroxyl groups excluding tert-OH is 2. The molecular weight excluding hydrogens is 438 g/mol. The molecule has 0 aromatic heterocycles. The number of nitrogens with zero attached hydrogens (tertiary/aromatic N) is 1. The van der Waals surface area contributed by atoms with Gasteiger partial charge in [-0.3, -0.25) is 9.59 Å². The van der Waals surface area contributed by atoms with Crippen molar-refractivity contribution in [2.75, 3.05) is 13.2 Å². The summed E-state index contributed by atoms with van der Waals surface area (Å²) in [6.45, 7) is 2.50. The van der Waals surface area contributed by atoms with Gasteiger partial charge < -0.3 is 15.1 Å². The maximum atomic E-state index is 12.3. The third-order valence-electron chi connectivity index (χ3n) is 6.93. The standard InChI is InChI=1S/C30H53NO4/c1-2-3-4-5-6-7-8-9-10-11-12-13-14-15-18-21-28(33)22-19-16-17-20-23-30(35)31-25-29(34)24-27(31)26-32/h6-7,9-10,27,29,32,34H,2-5,8,11-26H2,1H3/b7-6-,10-9-/t27-,29+/m0/s1. The van der Waals surface area contributed by atoms with Gasteiger partial charge in [-0.05, 0) is 57.8 Å². The van der Waals surface area contributed by atoms with Crippen LogP contribution in [0, 0.1) is 0 Å². The average molecular weight is 492 g/mol. The Kier molecular flexibility index (Phi) is 19.7. The highest BCUT2D eigenvalue weighted by Crippen LogP contribution is 2.19. The number of Topliss-reactive ketones (excluding diaryl/α,β-unsaturated/α-hetero) is 1. The van der Waals surface area contributed by atoms with Crippen LogP contribution in [0.1, 0.15) is 129 Å². The van der Waals surface area contributed by atoms with E-state index in [9.17, 15) is 19.8 Å². The van der Waals surface area contributed by atoms with Crippen LogP contribution < -0.4 is 0 Å². The second kappa shape index (κ2) is 21.8. The second-order valence-electron chi connectivity index (χ2n) is 10.2. The van der Waals surface area contributed by atoms with Gasteiger partial charge in [0.1, 0.15) is 5.78 Å².